The first-order valence-electron chi connectivity index (χ1n) is 13.0. The van der Waals surface area contributed by atoms with Crippen LogP contribution in [0.25, 0.3) is 0 Å². The Morgan fingerprint density at radius 3 is 0.857 bits per heavy atom. The second kappa shape index (κ2) is 21.7. The van der Waals surface area contributed by atoms with Gasteiger partial charge in [0, 0.05) is 0 Å². The van der Waals surface area contributed by atoms with Crippen molar-refractivity contribution in [2.75, 3.05) is 0 Å². The van der Waals surface area contributed by atoms with E-state index in [9.17, 15) is 0 Å². The summed E-state index contributed by atoms with van der Waals surface area (Å²) in [7, 11) is 0. The lowest BCUT2D eigenvalue weighted by molar-refractivity contribution is 0.308. The lowest BCUT2D eigenvalue weighted by Gasteiger charge is -2.22. The van der Waals surface area contributed by atoms with E-state index in [4.69, 9.17) is 0 Å². The molecule has 3 rings (SSSR count). The van der Waals surface area contributed by atoms with E-state index in [-0.39, 0.29) is 7.43 Å². The van der Waals surface area contributed by atoms with Crippen LogP contribution in [0.15, 0.2) is 0 Å². The second-order valence-electron chi connectivity index (χ2n) is 10.2. The van der Waals surface area contributed by atoms with Crippen LogP contribution in [-0.2, 0) is 0 Å². The van der Waals surface area contributed by atoms with E-state index in [1.165, 1.54) is 109 Å². The Bertz CT molecular complexity index is 248. The molecule has 0 aliphatic heterocycles. The van der Waals surface area contributed by atoms with Crippen molar-refractivity contribution in [2.24, 2.45) is 23.7 Å². The smallest absolute Gasteiger partial charge is 0.0443 e. The van der Waals surface area contributed by atoms with Crippen LogP contribution in [0.4, 0.5) is 0 Å². The fraction of sp³-hybridized carbons (Fsp3) is 1.00. The summed E-state index contributed by atoms with van der Waals surface area (Å²) in [5.74, 6) is 4.12. The minimum absolute atomic E-state index is 0. The van der Waals surface area contributed by atoms with Crippen molar-refractivity contribution in [3.05, 3.63) is 0 Å². The molecule has 0 radical (unpaired) electrons. The van der Waals surface area contributed by atoms with Gasteiger partial charge >= 0.3 is 0 Å². The van der Waals surface area contributed by atoms with Gasteiger partial charge in [0.1, 0.15) is 0 Å². The molecule has 0 spiro atoms. The molecule has 0 saturated heterocycles. The average molecular weight is 397 g/mol. The predicted octanol–water partition coefficient (Wildman–Crippen LogP) is 10.8. The highest BCUT2D eigenvalue weighted by atomic mass is 14.2. The summed E-state index contributed by atoms with van der Waals surface area (Å²) in [4.78, 5) is 0. The lowest BCUT2D eigenvalue weighted by Crippen LogP contribution is -2.08. The average Bonchev–Trinajstić information content (AvgIpc) is 3.16. The van der Waals surface area contributed by atoms with Crippen molar-refractivity contribution in [2.45, 2.75) is 158 Å². The van der Waals surface area contributed by atoms with Gasteiger partial charge in [-0.05, 0) is 23.7 Å². The third kappa shape index (κ3) is 20.7. The molecule has 0 nitrogen and oxygen atoms in total. The third-order valence-corrected chi connectivity index (χ3v) is 6.80. The molecule has 3 fully saturated rings. The summed E-state index contributed by atoms with van der Waals surface area (Å²) in [6.07, 6.45) is 24.8. The molecule has 3 saturated carbocycles. The van der Waals surface area contributed by atoms with Gasteiger partial charge in [-0.3, -0.25) is 0 Å². The summed E-state index contributed by atoms with van der Waals surface area (Å²) < 4.78 is 0. The Kier molecular flexibility index (Phi) is 23.4. The molecule has 3 aliphatic carbocycles. The quantitative estimate of drug-likeness (QED) is 0.416. The molecular weight excluding hydrogens is 336 g/mol. The maximum Gasteiger partial charge on any atom is -0.0443 e. The molecule has 0 heteroatoms. The van der Waals surface area contributed by atoms with Crippen molar-refractivity contribution >= 4 is 0 Å². The Labute approximate surface area is 182 Å². The first-order chi connectivity index (χ1) is 13.0. The van der Waals surface area contributed by atoms with E-state index in [1.54, 1.807) is 0 Å². The first-order valence-corrected chi connectivity index (χ1v) is 13.0. The normalized spacial score (nSPS) is 25.1. The van der Waals surface area contributed by atoms with Gasteiger partial charge in [0.2, 0.25) is 0 Å². The SMILES string of the molecule is C.CC1CCC(C)CC1.CC1CCCC1.CC1CCCCC1.CCCCCC. The highest BCUT2D eigenvalue weighted by Crippen LogP contribution is 2.27. The number of hydrogen-bond acceptors (Lipinski definition) is 0. The molecule has 0 unspecified atom stereocenters. The largest absolute Gasteiger partial charge is 0.0776 e. The zero-order valence-corrected chi connectivity index (χ0v) is 20.3. The van der Waals surface area contributed by atoms with Crippen LogP contribution in [0.3, 0.4) is 0 Å². The fourth-order valence-electron chi connectivity index (χ4n) is 4.36. The first kappa shape index (κ1) is 30.2. The van der Waals surface area contributed by atoms with Crippen LogP contribution >= 0.6 is 0 Å². The molecule has 172 valence electrons. The van der Waals surface area contributed by atoms with Crippen LogP contribution in [0.1, 0.15) is 158 Å². The molecule has 0 bridgehead atoms. The van der Waals surface area contributed by atoms with Crippen LogP contribution in [0.5, 0.6) is 0 Å². The molecule has 0 aromatic carbocycles. The Morgan fingerprint density at radius 2 is 0.679 bits per heavy atom. The lowest BCUT2D eigenvalue weighted by atomic mass is 9.84. The van der Waals surface area contributed by atoms with Crippen LogP contribution in [-0.4, -0.2) is 0 Å². The Hall–Kier alpha value is 0. The van der Waals surface area contributed by atoms with Gasteiger partial charge in [0.15, 0.2) is 0 Å². The van der Waals surface area contributed by atoms with Gasteiger partial charge < -0.3 is 0 Å². The molecule has 0 heterocycles. The van der Waals surface area contributed by atoms with Gasteiger partial charge in [-0.25, -0.2) is 0 Å². The van der Waals surface area contributed by atoms with Gasteiger partial charge in [-0.2, -0.15) is 0 Å². The van der Waals surface area contributed by atoms with E-state index < -0.39 is 0 Å². The van der Waals surface area contributed by atoms with E-state index in [0.717, 1.165) is 23.7 Å². The number of unbranched alkanes of at least 4 members (excludes halogenated alkanes) is 3. The summed E-state index contributed by atoms with van der Waals surface area (Å²) in [5, 5.41) is 0. The molecular formula is C28H60. The third-order valence-electron chi connectivity index (χ3n) is 6.80. The van der Waals surface area contributed by atoms with Crippen molar-refractivity contribution in [1.29, 1.82) is 0 Å². The molecule has 0 amide bonds. The minimum atomic E-state index is 0. The topological polar surface area (TPSA) is 0 Å². The summed E-state index contributed by atoms with van der Waals surface area (Å²) in [6, 6.07) is 0. The van der Waals surface area contributed by atoms with Gasteiger partial charge in [0.05, 0.1) is 0 Å². The maximum atomic E-state index is 2.37. The van der Waals surface area contributed by atoms with Crippen LogP contribution in [0, 0.1) is 23.7 Å². The van der Waals surface area contributed by atoms with E-state index >= 15 is 0 Å². The van der Waals surface area contributed by atoms with Crippen LogP contribution < -0.4 is 0 Å². The van der Waals surface area contributed by atoms with Crippen molar-refractivity contribution in [3.8, 4) is 0 Å². The highest BCUT2D eigenvalue weighted by Gasteiger charge is 2.13. The standard InChI is InChI=1S/C8H16.C7H14.C6H12.C6H14.CH4/c1-7-3-5-8(2)6-4-7;1-7-5-3-2-4-6-7;1-6-4-2-3-5-6;1-3-5-6-4-2;/h7-8H,3-6H2,1-2H3;7H,2-6H2,1H3;6H,2-5H2,1H3;3-6H2,1-2H3;1H4. The fourth-order valence-corrected chi connectivity index (χ4v) is 4.36. The summed E-state index contributed by atoms with van der Waals surface area (Å²) in [5.41, 5.74) is 0. The monoisotopic (exact) mass is 396 g/mol. The summed E-state index contributed by atoms with van der Waals surface area (Å²) in [6.45, 7) is 13.9. The zero-order valence-electron chi connectivity index (χ0n) is 20.3. The van der Waals surface area contributed by atoms with E-state index in [1.807, 2.05) is 0 Å². The highest BCUT2D eigenvalue weighted by molar-refractivity contribution is 4.65. The molecule has 0 atom stereocenters. The van der Waals surface area contributed by atoms with Crippen molar-refractivity contribution in [3.63, 3.8) is 0 Å². The Balaban J connectivity index is 0. The van der Waals surface area contributed by atoms with Crippen molar-refractivity contribution < 1.29 is 0 Å². The zero-order chi connectivity index (χ0) is 20.3. The second-order valence-corrected chi connectivity index (χ2v) is 10.2. The molecule has 0 N–H and O–H groups in total. The van der Waals surface area contributed by atoms with Crippen LogP contribution in [0.2, 0.25) is 0 Å². The van der Waals surface area contributed by atoms with E-state index in [2.05, 4.69) is 41.5 Å². The van der Waals surface area contributed by atoms with Gasteiger partial charge in [0.25, 0.3) is 0 Å². The molecule has 3 aliphatic rings. The molecule has 0 aromatic rings. The van der Waals surface area contributed by atoms with Crippen molar-refractivity contribution in [1.82, 2.24) is 0 Å². The maximum absolute atomic E-state index is 2.37. The van der Waals surface area contributed by atoms with Gasteiger partial charge in [-0.1, -0.05) is 158 Å². The molecule has 0 aromatic heterocycles. The predicted molar refractivity (Wildman–Crippen MR) is 133 cm³/mol. The summed E-state index contributed by atoms with van der Waals surface area (Å²) >= 11 is 0. The Morgan fingerprint density at radius 1 is 0.429 bits per heavy atom. The number of hydrogen-bond donors (Lipinski definition) is 0. The van der Waals surface area contributed by atoms with E-state index in [0.29, 0.717) is 0 Å². The number of rotatable bonds is 3. The minimum Gasteiger partial charge on any atom is -0.0776 e. The molecule has 28 heavy (non-hydrogen) atoms. The van der Waals surface area contributed by atoms with Gasteiger partial charge in [-0.15, -0.1) is 0 Å².